The lowest BCUT2D eigenvalue weighted by Gasteiger charge is -2.28. The fourth-order valence-electron chi connectivity index (χ4n) is 1.74. The summed E-state index contributed by atoms with van der Waals surface area (Å²) in [6.45, 7) is 8.15. The van der Waals surface area contributed by atoms with Crippen molar-refractivity contribution in [3.8, 4) is 0 Å². The van der Waals surface area contributed by atoms with Gasteiger partial charge in [0.25, 0.3) is 5.91 Å². The number of nitrogens with one attached hydrogen (secondary N) is 2. The summed E-state index contributed by atoms with van der Waals surface area (Å²) in [7, 11) is 0. The fourth-order valence-corrected chi connectivity index (χ4v) is 1.74. The molecular formula is C14H23N3O. The van der Waals surface area contributed by atoms with E-state index < -0.39 is 0 Å². The molecule has 0 saturated heterocycles. The molecule has 0 aromatic heterocycles. The van der Waals surface area contributed by atoms with Crippen LogP contribution in [0.5, 0.6) is 0 Å². The Balaban J connectivity index is 2.97. The van der Waals surface area contributed by atoms with Crippen molar-refractivity contribution in [2.24, 2.45) is 5.84 Å². The van der Waals surface area contributed by atoms with Crippen LogP contribution in [0.3, 0.4) is 0 Å². The van der Waals surface area contributed by atoms with E-state index in [4.69, 9.17) is 5.84 Å². The first-order valence-electron chi connectivity index (χ1n) is 6.35. The highest BCUT2D eigenvalue weighted by Crippen LogP contribution is 2.19. The second kappa shape index (κ2) is 5.87. The average Bonchev–Trinajstić information content (AvgIpc) is 2.38. The minimum absolute atomic E-state index is 0.0887. The maximum atomic E-state index is 12.3. The van der Waals surface area contributed by atoms with Crippen LogP contribution >= 0.6 is 0 Å². The predicted octanol–water partition coefficient (Wildman–Crippen LogP) is 2.59. The Hall–Kier alpha value is -1.55. The molecule has 1 aromatic carbocycles. The molecule has 0 unspecified atom stereocenters. The molecule has 100 valence electrons. The molecule has 0 atom stereocenters. The number of amides is 1. The number of hydrogen-bond donors (Lipinski definition) is 3. The molecule has 4 heteroatoms. The molecule has 0 saturated carbocycles. The molecular weight excluding hydrogens is 226 g/mol. The Bertz CT molecular complexity index is 425. The molecule has 4 N–H and O–H groups in total. The van der Waals surface area contributed by atoms with E-state index in [2.05, 4.69) is 31.5 Å². The number of carbonyl (C=O) groups is 1. The second-order valence-electron chi connectivity index (χ2n) is 4.92. The van der Waals surface area contributed by atoms with Gasteiger partial charge in [-0.15, -0.1) is 0 Å². The van der Waals surface area contributed by atoms with Gasteiger partial charge in [-0.1, -0.05) is 19.9 Å². The Morgan fingerprint density at radius 1 is 1.33 bits per heavy atom. The summed E-state index contributed by atoms with van der Waals surface area (Å²) in [6.07, 6.45) is 1.79. The maximum Gasteiger partial charge on any atom is 0.253 e. The van der Waals surface area contributed by atoms with Crippen molar-refractivity contribution in [2.45, 2.75) is 46.1 Å². The minimum atomic E-state index is -0.173. The van der Waals surface area contributed by atoms with Crippen LogP contribution in [0.4, 0.5) is 5.69 Å². The molecule has 0 fully saturated rings. The lowest BCUT2D eigenvalue weighted by Crippen LogP contribution is -2.45. The Morgan fingerprint density at radius 2 is 1.94 bits per heavy atom. The molecule has 1 rings (SSSR count). The number of nitrogen functional groups attached to an aromatic ring is 1. The van der Waals surface area contributed by atoms with Crippen molar-refractivity contribution in [3.05, 3.63) is 29.3 Å². The van der Waals surface area contributed by atoms with Gasteiger partial charge < -0.3 is 10.7 Å². The van der Waals surface area contributed by atoms with Crippen LogP contribution < -0.4 is 16.6 Å². The quantitative estimate of drug-likeness (QED) is 0.555. The summed E-state index contributed by atoms with van der Waals surface area (Å²) in [5.74, 6) is 5.37. The summed E-state index contributed by atoms with van der Waals surface area (Å²) in [5, 5.41) is 3.07. The molecule has 0 radical (unpaired) electrons. The van der Waals surface area contributed by atoms with Crippen molar-refractivity contribution in [3.63, 3.8) is 0 Å². The highest BCUT2D eigenvalue weighted by atomic mass is 16.1. The summed E-state index contributed by atoms with van der Waals surface area (Å²) >= 11 is 0. The van der Waals surface area contributed by atoms with Gasteiger partial charge in [-0.2, -0.15) is 0 Å². The van der Waals surface area contributed by atoms with E-state index in [1.54, 1.807) is 6.07 Å². The van der Waals surface area contributed by atoms with Gasteiger partial charge >= 0.3 is 0 Å². The van der Waals surface area contributed by atoms with Crippen LogP contribution in [-0.4, -0.2) is 11.4 Å². The number of anilines is 1. The van der Waals surface area contributed by atoms with Gasteiger partial charge in [0.05, 0.1) is 11.3 Å². The van der Waals surface area contributed by atoms with Gasteiger partial charge in [0, 0.05) is 5.54 Å². The number of rotatable bonds is 5. The van der Waals surface area contributed by atoms with Gasteiger partial charge in [-0.3, -0.25) is 10.6 Å². The summed E-state index contributed by atoms with van der Waals surface area (Å²) in [4.78, 5) is 12.3. The number of aryl methyl sites for hydroxylation is 1. The Kier molecular flexibility index (Phi) is 4.73. The highest BCUT2D eigenvalue weighted by molar-refractivity contribution is 6.00. The molecule has 1 aromatic rings. The number of hydrazine groups is 1. The molecule has 0 spiro atoms. The number of benzene rings is 1. The van der Waals surface area contributed by atoms with Crippen LogP contribution in [0.25, 0.3) is 0 Å². The maximum absolute atomic E-state index is 12.3. The first-order chi connectivity index (χ1) is 8.45. The smallest absolute Gasteiger partial charge is 0.253 e. The summed E-state index contributed by atoms with van der Waals surface area (Å²) in [6, 6.07) is 5.57. The molecule has 4 nitrogen and oxygen atoms in total. The van der Waals surface area contributed by atoms with Gasteiger partial charge in [0.1, 0.15) is 0 Å². The van der Waals surface area contributed by atoms with Crippen LogP contribution in [0.15, 0.2) is 18.2 Å². The van der Waals surface area contributed by atoms with Crippen LogP contribution in [0.1, 0.15) is 49.5 Å². The first kappa shape index (κ1) is 14.5. The number of carbonyl (C=O) groups excluding carboxylic acids is 1. The zero-order chi connectivity index (χ0) is 13.8. The topological polar surface area (TPSA) is 67.2 Å². The molecule has 0 aliphatic rings. The lowest BCUT2D eigenvalue weighted by atomic mass is 9.95. The van der Waals surface area contributed by atoms with Crippen molar-refractivity contribution in [2.75, 3.05) is 5.43 Å². The van der Waals surface area contributed by atoms with E-state index in [9.17, 15) is 4.79 Å². The molecule has 0 heterocycles. The molecule has 0 bridgehead atoms. The Labute approximate surface area is 109 Å². The third kappa shape index (κ3) is 3.23. The third-order valence-corrected chi connectivity index (χ3v) is 3.55. The summed E-state index contributed by atoms with van der Waals surface area (Å²) < 4.78 is 0. The van der Waals surface area contributed by atoms with Gasteiger partial charge in [0.2, 0.25) is 0 Å². The van der Waals surface area contributed by atoms with E-state index >= 15 is 0 Å². The van der Waals surface area contributed by atoms with Crippen LogP contribution in [0, 0.1) is 6.92 Å². The zero-order valence-corrected chi connectivity index (χ0v) is 11.6. The Morgan fingerprint density at radius 3 is 2.44 bits per heavy atom. The molecule has 1 amide bonds. The zero-order valence-electron chi connectivity index (χ0n) is 11.6. The number of nitrogens with two attached hydrogens (primary N) is 1. The van der Waals surface area contributed by atoms with E-state index in [-0.39, 0.29) is 11.4 Å². The summed E-state index contributed by atoms with van der Waals surface area (Å²) in [5.41, 5.74) is 4.70. The molecule has 0 aliphatic carbocycles. The van der Waals surface area contributed by atoms with E-state index in [0.29, 0.717) is 11.3 Å². The van der Waals surface area contributed by atoms with Gasteiger partial charge in [-0.05, 0) is 44.4 Å². The molecule has 18 heavy (non-hydrogen) atoms. The first-order valence-corrected chi connectivity index (χ1v) is 6.35. The van der Waals surface area contributed by atoms with E-state index in [1.165, 1.54) is 0 Å². The van der Waals surface area contributed by atoms with E-state index in [0.717, 1.165) is 18.4 Å². The highest BCUT2D eigenvalue weighted by Gasteiger charge is 2.23. The van der Waals surface area contributed by atoms with Crippen molar-refractivity contribution < 1.29 is 4.79 Å². The van der Waals surface area contributed by atoms with Gasteiger partial charge in [0.15, 0.2) is 0 Å². The minimum Gasteiger partial charge on any atom is -0.347 e. The third-order valence-electron chi connectivity index (χ3n) is 3.55. The largest absolute Gasteiger partial charge is 0.347 e. The SMILES string of the molecule is CCC(C)(CC)NC(=O)c1ccc(C)cc1NN. The van der Waals surface area contributed by atoms with E-state index in [1.807, 2.05) is 19.1 Å². The fraction of sp³-hybridized carbons (Fsp3) is 0.500. The van der Waals surface area contributed by atoms with Gasteiger partial charge in [-0.25, -0.2) is 0 Å². The molecule has 0 aliphatic heterocycles. The average molecular weight is 249 g/mol. The van der Waals surface area contributed by atoms with Crippen LogP contribution in [0.2, 0.25) is 0 Å². The lowest BCUT2D eigenvalue weighted by molar-refractivity contribution is 0.0902. The standard InChI is InChI=1S/C14H23N3O/c1-5-14(4,6-2)16-13(18)11-8-7-10(3)9-12(11)17-15/h7-9,17H,5-6,15H2,1-4H3,(H,16,18). The normalized spacial score (nSPS) is 11.2. The second-order valence-corrected chi connectivity index (χ2v) is 4.92. The number of hydrogen-bond acceptors (Lipinski definition) is 3. The van der Waals surface area contributed by atoms with Crippen molar-refractivity contribution in [1.82, 2.24) is 5.32 Å². The van der Waals surface area contributed by atoms with Crippen LogP contribution in [-0.2, 0) is 0 Å². The van der Waals surface area contributed by atoms with Crippen molar-refractivity contribution >= 4 is 11.6 Å². The van der Waals surface area contributed by atoms with Crippen molar-refractivity contribution in [1.29, 1.82) is 0 Å². The monoisotopic (exact) mass is 249 g/mol. The predicted molar refractivity (Wildman–Crippen MR) is 75.4 cm³/mol.